The van der Waals surface area contributed by atoms with Gasteiger partial charge in [0.2, 0.25) is 0 Å². The van der Waals surface area contributed by atoms with E-state index < -0.39 is 0 Å². The van der Waals surface area contributed by atoms with Crippen molar-refractivity contribution < 1.29 is 4.74 Å². The van der Waals surface area contributed by atoms with Crippen LogP contribution < -0.4 is 42.5 Å². The third-order valence-corrected chi connectivity index (χ3v) is 16.4. The van der Waals surface area contributed by atoms with Crippen molar-refractivity contribution in [3.63, 3.8) is 0 Å². The van der Waals surface area contributed by atoms with Gasteiger partial charge in [0, 0.05) is 76.8 Å². The standard InChI is InChI=1S/C9H18.2C8H17N.C8H16O.4C7H16N2.8C2H6.CH4/c1-8(2)9-6-4-3-5-7-9;1-7(2)8-4-3-5-9-6-8;2*1-7(2)8-5-3-4-6-9-8;1-7(2)9-5-3-8-4-6-9;1-6(2)7-3-4-8-5-9-7;1-7(2)9-5-3-4-8-6-9;1-6(2)7-8-4-3-5-9-7;8*1-2;/h8-9H,3-7H2,1-2H3;2*7-9H,3-6H2,1-2H3;2*7-8H,3-6H2,1-2H3;6-9H,3-5H2,1-2H3;7-8H,3-6H2,1-2H3;6-9H,3-5H2,1-2H3;8*1-2H3;1H4. The van der Waals surface area contributed by atoms with Gasteiger partial charge in [-0.3, -0.25) is 9.80 Å². The van der Waals surface area contributed by atoms with E-state index in [1.165, 1.54) is 168 Å². The number of ether oxygens (including phenoxy) is 1. The van der Waals surface area contributed by atoms with Crippen LogP contribution in [0, 0.1) is 47.3 Å². The number of hydrogen-bond donors (Lipinski definition) is 8. The van der Waals surface area contributed by atoms with E-state index in [1.807, 2.05) is 111 Å². The van der Waals surface area contributed by atoms with Crippen molar-refractivity contribution in [2.24, 2.45) is 47.3 Å². The first-order chi connectivity index (χ1) is 42.4. The number of piperidine rings is 2. The van der Waals surface area contributed by atoms with Gasteiger partial charge in [-0.05, 0) is 185 Å². The van der Waals surface area contributed by atoms with Crippen molar-refractivity contribution in [2.75, 3.05) is 98.5 Å². The minimum atomic E-state index is 0. The Labute approximate surface area is 568 Å². The van der Waals surface area contributed by atoms with Crippen molar-refractivity contribution in [2.45, 2.75) is 368 Å². The highest BCUT2D eigenvalue weighted by Crippen LogP contribution is 2.29. The molecule has 0 spiro atoms. The molecule has 0 aromatic rings. The maximum Gasteiger partial charge on any atom is 0.0598 e. The highest BCUT2D eigenvalue weighted by atomic mass is 16.5. The number of hydrogen-bond acceptors (Lipinski definition) is 11. The van der Waals surface area contributed by atoms with Crippen LogP contribution in [0.1, 0.15) is 332 Å². The highest BCUT2D eigenvalue weighted by Gasteiger charge is 2.20. The van der Waals surface area contributed by atoms with Gasteiger partial charge in [-0.2, -0.15) is 0 Å². The Kier molecular flexibility index (Phi) is 103. The number of piperazine rings is 1. The second-order valence-electron chi connectivity index (χ2n) is 25.2. The maximum absolute atomic E-state index is 5.54. The molecule has 8 rings (SSSR count). The smallest absolute Gasteiger partial charge is 0.0598 e. The molecule has 0 radical (unpaired) electrons. The number of nitrogens with zero attached hydrogens (tertiary/aromatic N) is 2. The van der Waals surface area contributed by atoms with Gasteiger partial charge in [0.1, 0.15) is 0 Å². The Morgan fingerprint density at radius 2 is 0.775 bits per heavy atom. The second-order valence-corrected chi connectivity index (χ2v) is 25.2. The summed E-state index contributed by atoms with van der Waals surface area (Å²) in [5.74, 6) is 6.84. The molecular formula is C78H184N10O. The summed E-state index contributed by atoms with van der Waals surface area (Å²) in [7, 11) is 0. The molecule has 89 heavy (non-hydrogen) atoms. The van der Waals surface area contributed by atoms with E-state index in [9.17, 15) is 0 Å². The van der Waals surface area contributed by atoms with Crippen LogP contribution in [0.5, 0.6) is 0 Å². The lowest BCUT2D eigenvalue weighted by Gasteiger charge is -2.30. The lowest BCUT2D eigenvalue weighted by Crippen LogP contribution is -2.51. The minimum Gasteiger partial charge on any atom is -0.378 e. The largest absolute Gasteiger partial charge is 0.378 e. The topological polar surface area (TPSA) is 112 Å². The van der Waals surface area contributed by atoms with E-state index in [2.05, 4.69) is 163 Å². The normalized spacial score (nSPS) is 21.6. The zero-order valence-electron chi connectivity index (χ0n) is 67.3. The molecule has 8 N–H and O–H groups in total. The van der Waals surface area contributed by atoms with Gasteiger partial charge in [-0.25, -0.2) is 0 Å². The molecule has 0 bridgehead atoms. The summed E-state index contributed by atoms with van der Waals surface area (Å²) >= 11 is 0. The van der Waals surface area contributed by atoms with E-state index in [1.54, 1.807) is 0 Å². The van der Waals surface area contributed by atoms with Gasteiger partial charge in [-0.1, -0.05) is 240 Å². The summed E-state index contributed by atoms with van der Waals surface area (Å²) in [4.78, 5) is 4.94. The SMILES string of the molecule is C.CC.CC.CC.CC.CC.CC.CC.CC.CC(C)C1CCCCC1.CC(C)C1CCCCN1.CC(C)C1CCCCO1.CC(C)C1CCCNC1.CC(C)C1CCNCN1.CC(C)C1NCCCN1.CC(C)N1CCCNC1.CC(C)N1CCNCC1. The summed E-state index contributed by atoms with van der Waals surface area (Å²) in [6.45, 7) is 85.9. The summed E-state index contributed by atoms with van der Waals surface area (Å²) in [5.41, 5.74) is 0. The Hall–Kier alpha value is -0.440. The fraction of sp³-hybridized carbons (Fsp3) is 1.00. The number of rotatable bonds is 8. The maximum atomic E-state index is 5.54. The monoisotopic (exact) mass is 1280 g/mol. The van der Waals surface area contributed by atoms with Crippen LogP contribution in [0.2, 0.25) is 0 Å². The molecule has 1 saturated carbocycles. The van der Waals surface area contributed by atoms with Crippen molar-refractivity contribution in [3.05, 3.63) is 0 Å². The molecule has 0 amide bonds. The van der Waals surface area contributed by atoms with Gasteiger partial charge in [0.15, 0.2) is 0 Å². The molecule has 552 valence electrons. The number of nitrogens with one attached hydrogen (secondary N) is 8. The van der Waals surface area contributed by atoms with Crippen LogP contribution in [0.3, 0.4) is 0 Å². The van der Waals surface area contributed by atoms with Crippen molar-refractivity contribution in [1.82, 2.24) is 52.3 Å². The zero-order valence-corrected chi connectivity index (χ0v) is 67.3. The highest BCUT2D eigenvalue weighted by molar-refractivity contribution is 4.77. The van der Waals surface area contributed by atoms with Gasteiger partial charge in [0.05, 0.1) is 12.3 Å². The molecule has 0 aromatic carbocycles. The summed E-state index contributed by atoms with van der Waals surface area (Å²) in [5, 5.41) is 27.1. The third kappa shape index (κ3) is 70.2. The molecule has 4 unspecified atom stereocenters. The van der Waals surface area contributed by atoms with Gasteiger partial charge in [-0.15, -0.1) is 0 Å². The summed E-state index contributed by atoms with van der Waals surface area (Å²) < 4.78 is 5.54. The molecule has 7 aliphatic heterocycles. The first-order valence-corrected chi connectivity index (χ1v) is 39.3. The average Bonchev–Trinajstić information content (AvgIpc) is 3.63. The van der Waals surface area contributed by atoms with Gasteiger partial charge < -0.3 is 47.3 Å². The van der Waals surface area contributed by atoms with Crippen LogP contribution in [0.15, 0.2) is 0 Å². The molecule has 8 aliphatic rings. The third-order valence-electron chi connectivity index (χ3n) is 16.4. The molecule has 11 heteroatoms. The van der Waals surface area contributed by atoms with E-state index in [4.69, 9.17) is 4.74 Å². The lowest BCUT2D eigenvalue weighted by molar-refractivity contribution is -0.0115. The molecule has 7 heterocycles. The predicted octanol–water partition coefficient (Wildman–Crippen LogP) is 19.8. The van der Waals surface area contributed by atoms with Crippen LogP contribution >= 0.6 is 0 Å². The molecule has 4 atom stereocenters. The van der Waals surface area contributed by atoms with Crippen LogP contribution in [0.25, 0.3) is 0 Å². The van der Waals surface area contributed by atoms with Crippen LogP contribution in [-0.2, 0) is 4.74 Å². The van der Waals surface area contributed by atoms with Crippen LogP contribution in [-0.4, -0.2) is 145 Å². The second kappa shape index (κ2) is 85.6. The molecule has 0 aromatic heterocycles. The van der Waals surface area contributed by atoms with E-state index >= 15 is 0 Å². The fourth-order valence-electron chi connectivity index (χ4n) is 10.7. The Bertz CT molecular complexity index is 862. The average molecular weight is 1280 g/mol. The van der Waals surface area contributed by atoms with E-state index in [0.717, 1.165) is 86.7 Å². The molecular weight excluding hydrogens is 1090 g/mol. The summed E-state index contributed by atoms with van der Waals surface area (Å²) in [6, 6.07) is 2.98. The van der Waals surface area contributed by atoms with Crippen molar-refractivity contribution >= 4 is 0 Å². The summed E-state index contributed by atoms with van der Waals surface area (Å²) in [6.07, 6.45) is 23.3. The van der Waals surface area contributed by atoms with Crippen molar-refractivity contribution in [3.8, 4) is 0 Å². The fourth-order valence-corrected chi connectivity index (χ4v) is 10.7. The molecule has 1 aliphatic carbocycles. The van der Waals surface area contributed by atoms with E-state index in [0.29, 0.717) is 30.1 Å². The van der Waals surface area contributed by atoms with Gasteiger partial charge >= 0.3 is 0 Å². The molecule has 8 fully saturated rings. The quantitative estimate of drug-likeness (QED) is 0.119. The Morgan fingerprint density at radius 3 is 1.04 bits per heavy atom. The lowest BCUT2D eigenvalue weighted by atomic mass is 9.82. The molecule has 11 nitrogen and oxygen atoms in total. The predicted molar refractivity (Wildman–Crippen MR) is 416 cm³/mol. The minimum absolute atomic E-state index is 0. The first-order valence-electron chi connectivity index (χ1n) is 39.3. The van der Waals surface area contributed by atoms with Crippen molar-refractivity contribution in [1.29, 1.82) is 0 Å². The zero-order chi connectivity index (χ0) is 69.5. The Morgan fingerprint density at radius 1 is 0.315 bits per heavy atom. The van der Waals surface area contributed by atoms with Crippen LogP contribution in [0.4, 0.5) is 0 Å². The van der Waals surface area contributed by atoms with E-state index in [-0.39, 0.29) is 7.43 Å². The first kappa shape index (κ1) is 107. The van der Waals surface area contributed by atoms with Gasteiger partial charge in [0.25, 0.3) is 0 Å². The Balaban J connectivity index is -0.000000113. The molecule has 7 saturated heterocycles.